The molecule has 0 aliphatic rings. The third-order valence-corrected chi connectivity index (χ3v) is 2.46. The summed E-state index contributed by atoms with van der Waals surface area (Å²) in [5, 5.41) is 11.9. The zero-order valence-electron chi connectivity index (χ0n) is 10.2. The lowest BCUT2D eigenvalue weighted by Gasteiger charge is -2.09. The number of rotatable bonds is 7. The summed E-state index contributed by atoms with van der Waals surface area (Å²) in [6.07, 6.45) is 0.981. The van der Waals surface area contributed by atoms with Crippen molar-refractivity contribution in [3.63, 3.8) is 0 Å². The fourth-order valence-electron chi connectivity index (χ4n) is 1.29. The van der Waals surface area contributed by atoms with E-state index in [2.05, 4.69) is 5.16 Å². The van der Waals surface area contributed by atoms with Crippen molar-refractivity contribution in [1.29, 1.82) is 0 Å². The molecule has 0 saturated carbocycles. The number of amidine groups is 1. The lowest BCUT2D eigenvalue weighted by molar-refractivity contribution is 0.101. The number of benzene rings is 1. The molecule has 0 saturated heterocycles. The number of hydrogen-bond acceptors (Lipinski definition) is 4. The standard InChI is InChI=1S/C12H17ClN2O3/c1-2-5-17-6-7-18-11-4-3-9(8-10(11)13)12(14)15-16/h3-4,8,16H,2,5-7H2,1H3,(H2,14,15). The summed E-state index contributed by atoms with van der Waals surface area (Å²) < 4.78 is 10.7. The van der Waals surface area contributed by atoms with Crippen molar-refractivity contribution in [3.05, 3.63) is 28.8 Å². The Morgan fingerprint density at radius 1 is 1.39 bits per heavy atom. The van der Waals surface area contributed by atoms with Crippen LogP contribution in [0.15, 0.2) is 23.4 Å². The first kappa shape index (κ1) is 14.6. The van der Waals surface area contributed by atoms with Crippen LogP contribution < -0.4 is 10.5 Å². The summed E-state index contributed by atoms with van der Waals surface area (Å²) in [5.74, 6) is 0.556. The van der Waals surface area contributed by atoms with E-state index >= 15 is 0 Å². The molecule has 100 valence electrons. The maximum absolute atomic E-state index is 8.54. The van der Waals surface area contributed by atoms with Gasteiger partial charge in [-0.2, -0.15) is 0 Å². The molecular formula is C12H17ClN2O3. The summed E-state index contributed by atoms with van der Waals surface area (Å²) in [7, 11) is 0. The highest BCUT2D eigenvalue weighted by Crippen LogP contribution is 2.25. The molecule has 1 rings (SSSR count). The van der Waals surface area contributed by atoms with E-state index in [0.717, 1.165) is 13.0 Å². The zero-order chi connectivity index (χ0) is 13.4. The highest BCUT2D eigenvalue weighted by molar-refractivity contribution is 6.32. The van der Waals surface area contributed by atoms with Gasteiger partial charge in [-0.1, -0.05) is 23.7 Å². The fourth-order valence-corrected chi connectivity index (χ4v) is 1.53. The van der Waals surface area contributed by atoms with E-state index in [4.69, 9.17) is 32.0 Å². The minimum atomic E-state index is 0.00901. The van der Waals surface area contributed by atoms with Crippen LogP contribution >= 0.6 is 11.6 Å². The van der Waals surface area contributed by atoms with E-state index in [-0.39, 0.29) is 5.84 Å². The smallest absolute Gasteiger partial charge is 0.170 e. The van der Waals surface area contributed by atoms with Gasteiger partial charge in [-0.3, -0.25) is 0 Å². The van der Waals surface area contributed by atoms with Crippen molar-refractivity contribution in [1.82, 2.24) is 0 Å². The number of oxime groups is 1. The maximum atomic E-state index is 8.54. The molecule has 0 heterocycles. The predicted molar refractivity (Wildman–Crippen MR) is 70.6 cm³/mol. The molecule has 0 radical (unpaired) electrons. The first-order valence-corrected chi connectivity index (χ1v) is 6.04. The lowest BCUT2D eigenvalue weighted by atomic mass is 10.2. The Hall–Kier alpha value is -1.46. The van der Waals surface area contributed by atoms with Crippen LogP contribution in [-0.2, 0) is 4.74 Å². The maximum Gasteiger partial charge on any atom is 0.170 e. The molecule has 0 spiro atoms. The Kier molecular flexibility index (Phi) is 6.32. The second-order valence-electron chi connectivity index (χ2n) is 3.59. The van der Waals surface area contributed by atoms with Crippen LogP contribution in [0.3, 0.4) is 0 Å². The van der Waals surface area contributed by atoms with Gasteiger partial charge in [-0.05, 0) is 24.6 Å². The molecule has 0 atom stereocenters. The van der Waals surface area contributed by atoms with E-state index in [1.54, 1.807) is 18.2 Å². The van der Waals surface area contributed by atoms with Gasteiger partial charge in [0.2, 0.25) is 0 Å². The van der Waals surface area contributed by atoms with Gasteiger partial charge < -0.3 is 20.4 Å². The van der Waals surface area contributed by atoms with E-state index in [0.29, 0.717) is 29.5 Å². The first-order valence-electron chi connectivity index (χ1n) is 5.67. The van der Waals surface area contributed by atoms with Crippen molar-refractivity contribution < 1.29 is 14.7 Å². The quantitative estimate of drug-likeness (QED) is 0.262. The van der Waals surface area contributed by atoms with Gasteiger partial charge in [0.15, 0.2) is 5.84 Å². The zero-order valence-corrected chi connectivity index (χ0v) is 11.0. The van der Waals surface area contributed by atoms with Crippen LogP contribution in [-0.4, -0.2) is 30.9 Å². The summed E-state index contributed by atoms with van der Waals surface area (Å²) in [4.78, 5) is 0. The molecule has 1 aromatic carbocycles. The number of hydrogen-bond donors (Lipinski definition) is 2. The van der Waals surface area contributed by atoms with Crippen LogP contribution in [0.1, 0.15) is 18.9 Å². The molecule has 18 heavy (non-hydrogen) atoms. The Labute approximate surface area is 111 Å². The average molecular weight is 273 g/mol. The molecule has 1 aromatic rings. The molecular weight excluding hydrogens is 256 g/mol. The average Bonchev–Trinajstić information content (AvgIpc) is 2.39. The van der Waals surface area contributed by atoms with Crippen LogP contribution in [0.2, 0.25) is 5.02 Å². The van der Waals surface area contributed by atoms with Gasteiger partial charge in [-0.25, -0.2) is 0 Å². The van der Waals surface area contributed by atoms with E-state index in [9.17, 15) is 0 Å². The fraction of sp³-hybridized carbons (Fsp3) is 0.417. The molecule has 0 fully saturated rings. The SMILES string of the molecule is CCCOCCOc1ccc(C(N)=NO)cc1Cl. The normalized spacial score (nSPS) is 11.6. The summed E-state index contributed by atoms with van der Waals surface area (Å²) >= 11 is 6.01. The van der Waals surface area contributed by atoms with E-state index < -0.39 is 0 Å². The van der Waals surface area contributed by atoms with Gasteiger partial charge in [0, 0.05) is 12.2 Å². The van der Waals surface area contributed by atoms with Gasteiger partial charge in [0.25, 0.3) is 0 Å². The van der Waals surface area contributed by atoms with Crippen molar-refractivity contribution in [2.75, 3.05) is 19.8 Å². The minimum Gasteiger partial charge on any atom is -0.490 e. The van der Waals surface area contributed by atoms with E-state index in [1.165, 1.54) is 0 Å². The van der Waals surface area contributed by atoms with Gasteiger partial charge in [0.05, 0.1) is 11.6 Å². The molecule has 0 aromatic heterocycles. The molecule has 0 unspecified atom stereocenters. The van der Waals surface area contributed by atoms with Crippen LogP contribution in [0.25, 0.3) is 0 Å². The molecule has 0 aliphatic carbocycles. The number of nitrogens with zero attached hydrogens (tertiary/aromatic N) is 1. The third-order valence-electron chi connectivity index (χ3n) is 2.17. The molecule has 5 nitrogen and oxygen atoms in total. The Morgan fingerprint density at radius 3 is 2.78 bits per heavy atom. The van der Waals surface area contributed by atoms with Crippen LogP contribution in [0.4, 0.5) is 0 Å². The second-order valence-corrected chi connectivity index (χ2v) is 4.00. The third kappa shape index (κ3) is 4.43. The van der Waals surface area contributed by atoms with Crippen LogP contribution in [0.5, 0.6) is 5.75 Å². The number of halogens is 1. The predicted octanol–water partition coefficient (Wildman–Crippen LogP) is 2.24. The Balaban J connectivity index is 2.52. The Bertz CT molecular complexity index is 410. The van der Waals surface area contributed by atoms with Gasteiger partial charge in [-0.15, -0.1) is 0 Å². The molecule has 0 aliphatic heterocycles. The highest BCUT2D eigenvalue weighted by Gasteiger charge is 2.05. The molecule has 6 heteroatoms. The minimum absolute atomic E-state index is 0.00901. The van der Waals surface area contributed by atoms with Gasteiger partial charge >= 0.3 is 0 Å². The van der Waals surface area contributed by atoms with Gasteiger partial charge in [0.1, 0.15) is 12.4 Å². The number of nitrogens with two attached hydrogens (primary N) is 1. The summed E-state index contributed by atoms with van der Waals surface area (Å²) in [6, 6.07) is 4.93. The van der Waals surface area contributed by atoms with Crippen molar-refractivity contribution >= 4 is 17.4 Å². The van der Waals surface area contributed by atoms with Crippen molar-refractivity contribution in [2.24, 2.45) is 10.9 Å². The molecule has 0 amide bonds. The first-order chi connectivity index (χ1) is 8.69. The highest BCUT2D eigenvalue weighted by atomic mass is 35.5. The summed E-state index contributed by atoms with van der Waals surface area (Å²) in [5.41, 5.74) is 5.99. The topological polar surface area (TPSA) is 77.1 Å². The lowest BCUT2D eigenvalue weighted by Crippen LogP contribution is -2.13. The summed E-state index contributed by atoms with van der Waals surface area (Å²) in [6.45, 7) is 3.72. The number of ether oxygens (including phenoxy) is 2. The second kappa shape index (κ2) is 7.79. The van der Waals surface area contributed by atoms with Crippen LogP contribution in [0, 0.1) is 0 Å². The van der Waals surface area contributed by atoms with Crippen molar-refractivity contribution in [2.45, 2.75) is 13.3 Å². The largest absolute Gasteiger partial charge is 0.490 e. The monoisotopic (exact) mass is 272 g/mol. The van der Waals surface area contributed by atoms with Crippen molar-refractivity contribution in [3.8, 4) is 5.75 Å². The van der Waals surface area contributed by atoms with E-state index in [1.807, 2.05) is 6.92 Å². The molecule has 0 bridgehead atoms. The molecule has 3 N–H and O–H groups in total. The Morgan fingerprint density at radius 2 is 2.17 bits per heavy atom.